The summed E-state index contributed by atoms with van der Waals surface area (Å²) in [5.41, 5.74) is 3.56. The molecular weight excluding hydrogens is 571 g/mol. The van der Waals surface area contributed by atoms with E-state index in [0.29, 0.717) is 6.08 Å². The second-order valence-corrected chi connectivity index (χ2v) is 10.1. The van der Waals surface area contributed by atoms with E-state index in [4.69, 9.17) is 20.0 Å². The second kappa shape index (κ2) is 12.1. The lowest BCUT2D eigenvalue weighted by atomic mass is 9.86. The largest absolute Gasteiger partial charge is 0.511 e. The number of nitrogens with zero attached hydrogens (tertiary/aromatic N) is 3. The minimum atomic E-state index is -4.76. The number of carbonyl (C=O) groups excluding carboxylic acids is 4. The lowest BCUT2D eigenvalue weighted by molar-refractivity contribution is -0.179. The second-order valence-electron chi connectivity index (χ2n) is 8.12. The monoisotopic (exact) mass is 595 g/mol. The van der Waals surface area contributed by atoms with Crippen LogP contribution in [0.25, 0.3) is 0 Å². The van der Waals surface area contributed by atoms with Crippen molar-refractivity contribution < 1.29 is 51.4 Å². The van der Waals surface area contributed by atoms with Crippen molar-refractivity contribution in [2.75, 3.05) is 31.7 Å². The first kappa shape index (κ1) is 30.0. The van der Waals surface area contributed by atoms with Crippen LogP contribution in [0.2, 0.25) is 0 Å². The van der Waals surface area contributed by atoms with Gasteiger partial charge in [-0.15, -0.1) is 23.1 Å². The van der Waals surface area contributed by atoms with E-state index in [1.807, 2.05) is 0 Å². The van der Waals surface area contributed by atoms with Crippen LogP contribution >= 0.6 is 23.1 Å². The molecule has 214 valence electrons. The van der Waals surface area contributed by atoms with E-state index in [-0.39, 0.29) is 35.0 Å². The summed E-state index contributed by atoms with van der Waals surface area (Å²) in [5.74, 6) is -2.84. The van der Waals surface area contributed by atoms with Crippen LogP contribution in [0.4, 0.5) is 23.1 Å². The average molecular weight is 596 g/mol. The zero-order valence-corrected chi connectivity index (χ0v) is 22.4. The summed E-state index contributed by atoms with van der Waals surface area (Å²) in [4.78, 5) is 60.0. The van der Waals surface area contributed by atoms with Crippen molar-refractivity contribution in [3.05, 3.63) is 23.2 Å². The Bertz CT molecular complexity index is 1180. The highest BCUT2D eigenvalue weighted by Crippen LogP contribution is 2.44. The number of anilines is 1. The molecule has 18 heteroatoms. The highest BCUT2D eigenvalue weighted by Gasteiger charge is 2.57. The number of thiazole rings is 1. The number of β-lactam (4-membered cyclic amide) rings is 1. The van der Waals surface area contributed by atoms with Gasteiger partial charge in [0.25, 0.3) is 5.91 Å². The summed E-state index contributed by atoms with van der Waals surface area (Å²) in [6.45, 7) is 2.21. The molecule has 0 bridgehead atoms. The Morgan fingerprint density at radius 3 is 2.69 bits per heavy atom. The molecule has 3 unspecified atom stereocenters. The van der Waals surface area contributed by atoms with Crippen molar-refractivity contribution in [1.29, 1.82) is 0 Å². The van der Waals surface area contributed by atoms with E-state index in [0.717, 1.165) is 28.0 Å². The number of esters is 1. The minimum absolute atomic E-state index is 0.0127. The number of rotatable bonds is 9. The molecule has 4 atom stereocenters. The number of nitrogen functional groups attached to an aromatic ring is 1. The minimum Gasteiger partial charge on any atom is -0.435 e. The van der Waals surface area contributed by atoms with E-state index in [2.05, 4.69) is 20.2 Å². The van der Waals surface area contributed by atoms with Gasteiger partial charge in [-0.3, -0.25) is 14.4 Å². The number of aromatic nitrogens is 1. The van der Waals surface area contributed by atoms with Crippen LogP contribution in [-0.4, -0.2) is 89.4 Å². The summed E-state index contributed by atoms with van der Waals surface area (Å²) < 4.78 is 53.5. The predicted octanol–water partition coefficient (Wildman–Crippen LogP) is 1.64. The van der Waals surface area contributed by atoms with Crippen molar-refractivity contribution in [3.63, 3.8) is 0 Å². The molecule has 13 nitrogen and oxygen atoms in total. The van der Waals surface area contributed by atoms with Crippen LogP contribution < -0.4 is 11.1 Å². The molecule has 0 saturated carbocycles. The topological polar surface area (TPSA) is 172 Å². The van der Waals surface area contributed by atoms with Gasteiger partial charge in [0.2, 0.25) is 12.2 Å². The van der Waals surface area contributed by atoms with Gasteiger partial charge >= 0.3 is 18.3 Å². The molecule has 2 amide bonds. The Hall–Kier alpha value is -3.54. The Balaban J connectivity index is 1.74. The number of nitrogens with two attached hydrogens (primary N) is 1. The number of allylic oxidation sites excluding steroid dienone is 1. The van der Waals surface area contributed by atoms with Crippen LogP contribution in [0.1, 0.15) is 19.5 Å². The van der Waals surface area contributed by atoms with Crippen LogP contribution in [-0.2, 0) is 33.4 Å². The standard InChI is InChI=1S/C21H24F3N5O8S2/c1-4-35-19(33)37-10(2)36-17(32)20(5-6-21(22,23)24)8-29-15(31)13(16(29)39-9-20)27-14(30)12(28-34-3)11-7-38-18(25)26-11/h5-7,10,13,16H,4,8-9H2,1-3H3,(H2,25,26)(H,27,30)/t10?,13?,16-,20?/m1/s1. The molecule has 2 aliphatic rings. The number of amides is 2. The Kier molecular flexibility index (Phi) is 9.31. The third-order valence-electron chi connectivity index (χ3n) is 5.35. The number of thioether (sulfide) groups is 1. The first-order valence-corrected chi connectivity index (χ1v) is 13.1. The fraction of sp³-hybridized carbons (Fsp3) is 0.524. The summed E-state index contributed by atoms with van der Waals surface area (Å²) >= 11 is 2.02. The summed E-state index contributed by atoms with van der Waals surface area (Å²) in [6, 6.07) is -1.06. The van der Waals surface area contributed by atoms with Crippen LogP contribution in [0.15, 0.2) is 22.7 Å². The van der Waals surface area contributed by atoms with Gasteiger partial charge in [-0.1, -0.05) is 11.2 Å². The maximum Gasteiger partial charge on any atom is 0.511 e. The molecule has 2 saturated heterocycles. The molecule has 39 heavy (non-hydrogen) atoms. The molecule has 1 aromatic rings. The number of alkyl halides is 3. The van der Waals surface area contributed by atoms with Crippen LogP contribution in [0.3, 0.4) is 0 Å². The first-order valence-electron chi connectivity index (χ1n) is 11.2. The van der Waals surface area contributed by atoms with E-state index in [1.165, 1.54) is 26.3 Å². The van der Waals surface area contributed by atoms with Gasteiger partial charge in [0.05, 0.1) is 6.61 Å². The van der Waals surface area contributed by atoms with Gasteiger partial charge in [0.15, 0.2) is 10.8 Å². The third kappa shape index (κ3) is 7.11. The van der Waals surface area contributed by atoms with Crippen LogP contribution in [0.5, 0.6) is 0 Å². The van der Waals surface area contributed by atoms with E-state index in [9.17, 15) is 32.3 Å². The lowest BCUT2D eigenvalue weighted by Crippen LogP contribution is -2.74. The molecule has 1 aromatic heterocycles. The Morgan fingerprint density at radius 1 is 1.38 bits per heavy atom. The van der Waals surface area contributed by atoms with Crippen molar-refractivity contribution in [2.24, 2.45) is 10.6 Å². The number of fused-ring (bicyclic) bond motifs is 1. The number of ether oxygens (including phenoxy) is 3. The highest BCUT2D eigenvalue weighted by atomic mass is 32.2. The maximum atomic E-state index is 13.0. The molecule has 2 fully saturated rings. The van der Waals surface area contributed by atoms with Crippen molar-refractivity contribution in [2.45, 2.75) is 37.7 Å². The van der Waals surface area contributed by atoms with Gasteiger partial charge in [-0.05, 0) is 6.92 Å². The normalized spacial score (nSPS) is 23.9. The summed E-state index contributed by atoms with van der Waals surface area (Å²) in [6.07, 6.45) is -6.88. The average Bonchev–Trinajstić information content (AvgIpc) is 3.29. The summed E-state index contributed by atoms with van der Waals surface area (Å²) in [7, 11) is 1.21. The SMILES string of the molecule is CCOC(=O)OC(C)OC(=O)C1(C=CC(F)(F)F)CS[C@@H]2C(NC(=O)C(=NOC)c3csc(N)n3)C(=O)N2C1. The van der Waals surface area contributed by atoms with E-state index < -0.39 is 59.8 Å². The third-order valence-corrected chi connectivity index (χ3v) is 7.57. The molecule has 0 spiro atoms. The molecule has 3 rings (SSSR count). The quantitative estimate of drug-likeness (QED) is 0.106. The smallest absolute Gasteiger partial charge is 0.435 e. The molecule has 0 aromatic carbocycles. The predicted molar refractivity (Wildman–Crippen MR) is 131 cm³/mol. The Labute approximate surface area is 227 Å². The fourth-order valence-corrected chi connectivity index (χ4v) is 5.68. The number of halogens is 3. The zero-order chi connectivity index (χ0) is 29.0. The molecule has 3 N–H and O–H groups in total. The van der Waals surface area contributed by atoms with Gasteiger partial charge in [-0.25, -0.2) is 9.78 Å². The van der Waals surface area contributed by atoms with Gasteiger partial charge in [-0.2, -0.15) is 13.2 Å². The number of carbonyl (C=O) groups is 4. The lowest BCUT2D eigenvalue weighted by Gasteiger charge is -2.53. The number of hydrogen-bond acceptors (Lipinski definition) is 13. The fourth-order valence-electron chi connectivity index (χ4n) is 3.62. The molecule has 3 heterocycles. The number of nitrogens with one attached hydrogen (secondary N) is 1. The van der Waals surface area contributed by atoms with Crippen molar-refractivity contribution in [1.82, 2.24) is 15.2 Å². The van der Waals surface area contributed by atoms with Gasteiger partial charge in [0, 0.05) is 30.7 Å². The van der Waals surface area contributed by atoms with Gasteiger partial charge < -0.3 is 35.0 Å². The zero-order valence-electron chi connectivity index (χ0n) is 20.7. The molecule has 0 aliphatic carbocycles. The van der Waals surface area contributed by atoms with E-state index in [1.54, 1.807) is 0 Å². The number of oxime groups is 1. The molecular formula is C21H24F3N5O8S2. The van der Waals surface area contributed by atoms with Crippen molar-refractivity contribution >= 4 is 57.9 Å². The van der Waals surface area contributed by atoms with Crippen molar-refractivity contribution in [3.8, 4) is 0 Å². The molecule has 0 radical (unpaired) electrons. The number of hydrogen-bond donors (Lipinski definition) is 2. The first-order chi connectivity index (χ1) is 18.3. The summed E-state index contributed by atoms with van der Waals surface area (Å²) in [5, 5.41) is 7.10. The maximum absolute atomic E-state index is 13.0. The molecule has 2 aliphatic heterocycles. The van der Waals surface area contributed by atoms with E-state index >= 15 is 0 Å². The Morgan fingerprint density at radius 2 is 2.10 bits per heavy atom. The highest BCUT2D eigenvalue weighted by molar-refractivity contribution is 8.00. The van der Waals surface area contributed by atoms with Gasteiger partial charge in [0.1, 0.15) is 29.6 Å². The van der Waals surface area contributed by atoms with Crippen LogP contribution in [0, 0.1) is 5.41 Å².